The quantitative estimate of drug-likeness (QED) is 0.154. The van der Waals surface area contributed by atoms with Gasteiger partial charge in [-0.25, -0.2) is 0 Å². The van der Waals surface area contributed by atoms with E-state index in [1.54, 1.807) is 12.2 Å². The largest absolute Gasteiger partial charge is 0.386 e. The minimum atomic E-state index is -0.987. The van der Waals surface area contributed by atoms with Crippen molar-refractivity contribution in [3.63, 3.8) is 0 Å². The number of aliphatic hydroxyl groups is 1. The molecule has 0 spiro atoms. The Morgan fingerprint density at radius 3 is 2.12 bits per heavy atom. The van der Waals surface area contributed by atoms with Gasteiger partial charge in [0.1, 0.15) is 12.4 Å². The molecule has 5 nitrogen and oxygen atoms in total. The number of unbranched alkanes of at least 4 members (excludes halogenated alkanes) is 2. The molecule has 0 saturated heterocycles. The molecule has 2 unspecified atom stereocenters. The summed E-state index contributed by atoms with van der Waals surface area (Å²) in [4.78, 5) is 20.9. The second-order valence-electron chi connectivity index (χ2n) is 5.75. The van der Waals surface area contributed by atoms with Crippen LogP contribution < -0.4 is 0 Å². The zero-order valence-electron chi connectivity index (χ0n) is 15.1. The maximum absolute atomic E-state index is 11.1. The Bertz CT molecular complexity index is 466. The predicted octanol–water partition coefficient (Wildman–Crippen LogP) is 4.56. The Kier molecular flexibility index (Phi) is 15.5. The van der Waals surface area contributed by atoms with Crippen LogP contribution in [0.15, 0.2) is 48.6 Å². The zero-order chi connectivity index (χ0) is 18.8. The Labute approximate surface area is 151 Å². The first-order valence-electron chi connectivity index (χ1n) is 8.98. The molecule has 0 rings (SSSR count). The molecule has 0 aliphatic carbocycles. The molecule has 0 radical (unpaired) electrons. The van der Waals surface area contributed by atoms with Crippen molar-refractivity contribution in [2.75, 3.05) is 0 Å². The molecule has 0 aromatic carbocycles. The molecule has 5 heteroatoms. The van der Waals surface area contributed by atoms with Crippen molar-refractivity contribution >= 4 is 6.29 Å². The van der Waals surface area contributed by atoms with Crippen molar-refractivity contribution < 1.29 is 14.8 Å². The van der Waals surface area contributed by atoms with Gasteiger partial charge in [-0.15, -0.1) is 0 Å². The number of hydrogen-bond donors (Lipinski definition) is 1. The van der Waals surface area contributed by atoms with Crippen LogP contribution in [0, 0.1) is 10.1 Å². The van der Waals surface area contributed by atoms with Gasteiger partial charge in [-0.2, -0.15) is 0 Å². The smallest absolute Gasteiger partial charge is 0.242 e. The fourth-order valence-electron chi connectivity index (χ4n) is 2.16. The lowest BCUT2D eigenvalue weighted by atomic mass is 10.0. The van der Waals surface area contributed by atoms with Crippen molar-refractivity contribution in [3.8, 4) is 0 Å². The van der Waals surface area contributed by atoms with Crippen LogP contribution in [0.1, 0.15) is 58.3 Å². The minimum Gasteiger partial charge on any atom is -0.386 e. The number of rotatable bonds is 15. The molecule has 0 aliphatic rings. The summed E-state index contributed by atoms with van der Waals surface area (Å²) in [6, 6.07) is -0.977. The zero-order valence-corrected chi connectivity index (χ0v) is 15.1. The van der Waals surface area contributed by atoms with Crippen LogP contribution in [0.3, 0.4) is 0 Å². The standard InChI is InChI=1S/C20H31NO4/c1-2-3-4-5-10-13-16-19(21(24)25)20(23)17-14-11-8-6-7-9-12-15-18-22/h3-4,6-7,10-11,13-14,18-20,23H,2,5,8-9,12,15-17H2,1H3/b4-3-,7-6-,13-10-,14-11-. The molecule has 0 aromatic rings. The minimum absolute atomic E-state index is 0.235. The van der Waals surface area contributed by atoms with Gasteiger partial charge in [0.05, 0.1) is 0 Å². The Morgan fingerprint density at radius 2 is 1.52 bits per heavy atom. The Hall–Kier alpha value is -2.01. The molecule has 0 aromatic heterocycles. The van der Waals surface area contributed by atoms with Gasteiger partial charge >= 0.3 is 0 Å². The number of allylic oxidation sites excluding steroid dienone is 6. The van der Waals surface area contributed by atoms with E-state index in [1.165, 1.54) is 0 Å². The average molecular weight is 349 g/mol. The Balaban J connectivity index is 4.12. The van der Waals surface area contributed by atoms with E-state index in [-0.39, 0.29) is 12.8 Å². The van der Waals surface area contributed by atoms with Crippen molar-refractivity contribution in [2.24, 2.45) is 0 Å². The summed E-state index contributed by atoms with van der Waals surface area (Å²) >= 11 is 0. The molecule has 140 valence electrons. The van der Waals surface area contributed by atoms with Gasteiger partial charge in [-0.05, 0) is 38.5 Å². The maximum atomic E-state index is 11.1. The van der Waals surface area contributed by atoms with E-state index in [4.69, 9.17) is 0 Å². The second-order valence-corrected chi connectivity index (χ2v) is 5.75. The molecule has 0 fully saturated rings. The summed E-state index contributed by atoms with van der Waals surface area (Å²) in [5, 5.41) is 21.1. The molecular formula is C20H31NO4. The van der Waals surface area contributed by atoms with E-state index >= 15 is 0 Å². The van der Waals surface area contributed by atoms with Crippen molar-refractivity contribution in [2.45, 2.75) is 70.4 Å². The summed E-state index contributed by atoms with van der Waals surface area (Å²) in [6.45, 7) is 2.05. The first-order valence-corrected chi connectivity index (χ1v) is 8.98. The van der Waals surface area contributed by atoms with E-state index < -0.39 is 17.1 Å². The average Bonchev–Trinajstić information content (AvgIpc) is 2.59. The molecule has 0 heterocycles. The highest BCUT2D eigenvalue weighted by atomic mass is 16.6. The third kappa shape index (κ3) is 14.1. The van der Waals surface area contributed by atoms with Gasteiger partial charge in [0, 0.05) is 17.8 Å². The summed E-state index contributed by atoms with van der Waals surface area (Å²) in [7, 11) is 0. The van der Waals surface area contributed by atoms with Crippen molar-refractivity contribution in [3.05, 3.63) is 58.7 Å². The second kappa shape index (κ2) is 16.8. The highest BCUT2D eigenvalue weighted by Crippen LogP contribution is 2.10. The number of nitro groups is 1. The lowest BCUT2D eigenvalue weighted by Crippen LogP contribution is -2.32. The van der Waals surface area contributed by atoms with Gasteiger partial charge in [0.15, 0.2) is 0 Å². The lowest BCUT2D eigenvalue weighted by Gasteiger charge is -2.12. The first kappa shape index (κ1) is 23.0. The van der Waals surface area contributed by atoms with E-state index in [9.17, 15) is 20.0 Å². The van der Waals surface area contributed by atoms with Crippen LogP contribution in [0.4, 0.5) is 0 Å². The normalized spacial score (nSPS) is 14.8. The highest BCUT2D eigenvalue weighted by molar-refractivity contribution is 5.49. The summed E-state index contributed by atoms with van der Waals surface area (Å²) in [5.41, 5.74) is 0. The molecule has 0 aliphatic heterocycles. The van der Waals surface area contributed by atoms with Crippen LogP contribution in [-0.2, 0) is 4.79 Å². The molecule has 0 amide bonds. The van der Waals surface area contributed by atoms with Crippen LogP contribution in [0.5, 0.6) is 0 Å². The van der Waals surface area contributed by atoms with Crippen LogP contribution in [0.2, 0.25) is 0 Å². The topological polar surface area (TPSA) is 80.4 Å². The Morgan fingerprint density at radius 1 is 0.920 bits per heavy atom. The molecular weight excluding hydrogens is 318 g/mol. The number of aliphatic hydroxyl groups excluding tert-OH is 1. The van der Waals surface area contributed by atoms with Gasteiger partial charge in [-0.1, -0.05) is 55.5 Å². The third-order valence-electron chi connectivity index (χ3n) is 3.61. The number of nitrogens with zero attached hydrogens (tertiary/aromatic N) is 1. The van der Waals surface area contributed by atoms with Gasteiger partial charge in [0.25, 0.3) is 0 Å². The van der Waals surface area contributed by atoms with Gasteiger partial charge in [0.2, 0.25) is 6.04 Å². The summed E-state index contributed by atoms with van der Waals surface area (Å²) in [6.07, 6.45) is 20.6. The number of hydrogen-bond acceptors (Lipinski definition) is 4. The van der Waals surface area contributed by atoms with Crippen LogP contribution in [-0.4, -0.2) is 28.5 Å². The number of carbonyl (C=O) groups is 1. The fourth-order valence-corrected chi connectivity index (χ4v) is 2.16. The maximum Gasteiger partial charge on any atom is 0.242 e. The molecule has 2 atom stereocenters. The number of carbonyl (C=O) groups excluding carboxylic acids is 1. The third-order valence-corrected chi connectivity index (χ3v) is 3.61. The summed E-state index contributed by atoms with van der Waals surface area (Å²) in [5.74, 6) is 0. The van der Waals surface area contributed by atoms with E-state index in [1.807, 2.05) is 36.5 Å². The van der Waals surface area contributed by atoms with E-state index in [2.05, 4.69) is 6.92 Å². The molecule has 0 bridgehead atoms. The highest BCUT2D eigenvalue weighted by Gasteiger charge is 2.27. The predicted molar refractivity (Wildman–Crippen MR) is 102 cm³/mol. The molecule has 0 saturated carbocycles. The fraction of sp³-hybridized carbons (Fsp3) is 0.550. The van der Waals surface area contributed by atoms with Crippen molar-refractivity contribution in [1.29, 1.82) is 0 Å². The number of aldehydes is 1. The molecule has 25 heavy (non-hydrogen) atoms. The van der Waals surface area contributed by atoms with Crippen LogP contribution in [0.25, 0.3) is 0 Å². The SMILES string of the molecule is CC/C=C\C/C=C\CC(C(O)C/C=C\C/C=C\CCCC=O)[N+](=O)[O-]. The summed E-state index contributed by atoms with van der Waals surface area (Å²) < 4.78 is 0. The van der Waals surface area contributed by atoms with E-state index in [0.717, 1.165) is 38.4 Å². The van der Waals surface area contributed by atoms with Crippen LogP contribution >= 0.6 is 0 Å². The monoisotopic (exact) mass is 349 g/mol. The van der Waals surface area contributed by atoms with E-state index in [0.29, 0.717) is 6.42 Å². The van der Waals surface area contributed by atoms with Crippen molar-refractivity contribution in [1.82, 2.24) is 0 Å². The lowest BCUT2D eigenvalue weighted by molar-refractivity contribution is -0.533. The first-order chi connectivity index (χ1) is 12.1. The molecule has 1 N–H and O–H groups in total. The van der Waals surface area contributed by atoms with Gasteiger partial charge < -0.3 is 9.90 Å². The van der Waals surface area contributed by atoms with Gasteiger partial charge in [-0.3, -0.25) is 10.1 Å².